The molecule has 0 radical (unpaired) electrons. The summed E-state index contributed by atoms with van der Waals surface area (Å²) in [6.07, 6.45) is 1.23. The molecule has 1 aliphatic heterocycles. The van der Waals surface area contributed by atoms with Gasteiger partial charge in [-0.1, -0.05) is 30.0 Å². The van der Waals surface area contributed by atoms with E-state index in [1.165, 1.54) is 17.3 Å². The number of amides is 1. The molecule has 0 unspecified atom stereocenters. The van der Waals surface area contributed by atoms with E-state index in [1.54, 1.807) is 4.90 Å². The van der Waals surface area contributed by atoms with Gasteiger partial charge in [0, 0.05) is 24.4 Å². The molecule has 22 heavy (non-hydrogen) atoms. The Balaban J connectivity index is 1.58. The molecule has 0 atom stereocenters. The Morgan fingerprint density at radius 1 is 1.41 bits per heavy atom. The Morgan fingerprint density at radius 2 is 2.23 bits per heavy atom. The van der Waals surface area contributed by atoms with Crippen LogP contribution in [-0.4, -0.2) is 33.3 Å². The lowest BCUT2D eigenvalue weighted by Gasteiger charge is -2.16. The van der Waals surface area contributed by atoms with Crippen LogP contribution in [0.5, 0.6) is 5.88 Å². The van der Waals surface area contributed by atoms with Crippen LogP contribution in [0.15, 0.2) is 40.3 Å². The second-order valence-electron chi connectivity index (χ2n) is 4.93. The molecule has 1 aromatic heterocycles. The van der Waals surface area contributed by atoms with Crippen LogP contribution in [0.4, 0.5) is 5.69 Å². The number of H-pyrrole nitrogens is 1. The number of para-hydroxylation sites is 1. The first kappa shape index (κ1) is 14.6. The van der Waals surface area contributed by atoms with Gasteiger partial charge in [0.05, 0.1) is 6.07 Å². The number of rotatable bonds is 4. The highest BCUT2D eigenvalue weighted by Crippen LogP contribution is 2.28. The Bertz CT molecular complexity index is 760. The number of benzene rings is 1. The minimum atomic E-state index is -0.408. The summed E-state index contributed by atoms with van der Waals surface area (Å²) >= 11 is 1.24. The number of hydrogen-bond donors (Lipinski definition) is 2. The Kier molecular flexibility index (Phi) is 4.15. The highest BCUT2D eigenvalue weighted by molar-refractivity contribution is 7.99. The van der Waals surface area contributed by atoms with E-state index in [4.69, 9.17) is 0 Å². The van der Waals surface area contributed by atoms with Crippen LogP contribution < -0.4 is 10.5 Å². The zero-order valence-electron chi connectivity index (χ0n) is 11.8. The number of anilines is 1. The third kappa shape index (κ3) is 3.14. The molecule has 0 fully saturated rings. The summed E-state index contributed by atoms with van der Waals surface area (Å²) in [7, 11) is 0. The maximum atomic E-state index is 12.3. The summed E-state index contributed by atoms with van der Waals surface area (Å²) in [5, 5.41) is 9.58. The molecular weight excluding hydrogens is 302 g/mol. The number of carbonyl (C=O) groups excluding carboxylic acids is 1. The lowest BCUT2D eigenvalue weighted by atomic mass is 10.2. The normalized spacial score (nSPS) is 13.2. The highest BCUT2D eigenvalue weighted by atomic mass is 32.2. The Morgan fingerprint density at radius 3 is 3.05 bits per heavy atom. The molecule has 2 aromatic rings. The maximum Gasteiger partial charge on any atom is 0.255 e. The fourth-order valence-electron chi connectivity index (χ4n) is 2.46. The van der Waals surface area contributed by atoms with Gasteiger partial charge in [0.15, 0.2) is 5.16 Å². The van der Waals surface area contributed by atoms with Crippen molar-refractivity contribution in [3.05, 3.63) is 46.2 Å². The van der Waals surface area contributed by atoms with Crippen molar-refractivity contribution < 1.29 is 9.90 Å². The molecule has 114 valence electrons. The van der Waals surface area contributed by atoms with Gasteiger partial charge in [0.2, 0.25) is 11.8 Å². The van der Waals surface area contributed by atoms with Crippen molar-refractivity contribution in [3.63, 3.8) is 0 Å². The second kappa shape index (κ2) is 6.23. The number of nitrogens with zero attached hydrogens (tertiary/aromatic N) is 2. The molecule has 6 nitrogen and oxygen atoms in total. The van der Waals surface area contributed by atoms with Gasteiger partial charge in [-0.25, -0.2) is 0 Å². The van der Waals surface area contributed by atoms with Crippen molar-refractivity contribution in [1.29, 1.82) is 0 Å². The van der Waals surface area contributed by atoms with Crippen LogP contribution in [0.25, 0.3) is 0 Å². The molecular formula is C15H15N3O3S. The highest BCUT2D eigenvalue weighted by Gasteiger charge is 2.23. The van der Waals surface area contributed by atoms with Crippen molar-refractivity contribution in [2.24, 2.45) is 0 Å². The lowest BCUT2D eigenvalue weighted by Crippen LogP contribution is -2.29. The first-order valence-electron chi connectivity index (χ1n) is 6.95. The third-order valence-electron chi connectivity index (χ3n) is 3.45. The quantitative estimate of drug-likeness (QED) is 0.660. The maximum absolute atomic E-state index is 12.3. The van der Waals surface area contributed by atoms with Gasteiger partial charge in [-0.2, -0.15) is 4.98 Å². The molecule has 7 heteroatoms. The molecule has 0 spiro atoms. The number of aromatic amines is 1. The SMILES string of the molecule is O=C(CCSc1nc(O)cc(=O)[nH]1)N1CCc2ccccc21. The van der Waals surface area contributed by atoms with E-state index < -0.39 is 5.56 Å². The molecule has 0 saturated carbocycles. The van der Waals surface area contributed by atoms with Crippen molar-refractivity contribution >= 4 is 23.4 Å². The van der Waals surface area contributed by atoms with Gasteiger partial charge in [-0.3, -0.25) is 9.59 Å². The number of aromatic hydroxyl groups is 1. The standard InChI is InChI=1S/C15H15N3O3S/c19-12-9-13(20)17-15(16-12)22-8-6-14(21)18-7-5-10-3-1-2-4-11(10)18/h1-4,9H,5-8H2,(H2,16,17,19,20). The van der Waals surface area contributed by atoms with Gasteiger partial charge in [0.1, 0.15) is 0 Å². The van der Waals surface area contributed by atoms with E-state index in [-0.39, 0.29) is 11.8 Å². The smallest absolute Gasteiger partial charge is 0.255 e. The predicted octanol–water partition coefficient (Wildman–Crippen LogP) is 1.55. The van der Waals surface area contributed by atoms with Crippen LogP contribution >= 0.6 is 11.8 Å². The van der Waals surface area contributed by atoms with Gasteiger partial charge in [0.25, 0.3) is 5.56 Å². The lowest BCUT2D eigenvalue weighted by molar-refractivity contribution is -0.118. The molecule has 1 amide bonds. The zero-order chi connectivity index (χ0) is 15.5. The molecule has 0 bridgehead atoms. The van der Waals surface area contributed by atoms with E-state index in [0.717, 1.165) is 18.2 Å². The van der Waals surface area contributed by atoms with Gasteiger partial charge in [-0.05, 0) is 18.1 Å². The first-order valence-corrected chi connectivity index (χ1v) is 7.93. The topological polar surface area (TPSA) is 86.3 Å². The summed E-state index contributed by atoms with van der Waals surface area (Å²) < 4.78 is 0. The second-order valence-corrected chi connectivity index (χ2v) is 6.01. The van der Waals surface area contributed by atoms with E-state index in [1.807, 2.05) is 24.3 Å². The molecule has 1 aliphatic rings. The fourth-order valence-corrected chi connectivity index (χ4v) is 3.26. The predicted molar refractivity (Wildman–Crippen MR) is 84.4 cm³/mol. The summed E-state index contributed by atoms with van der Waals surface area (Å²) in [6, 6.07) is 8.92. The van der Waals surface area contributed by atoms with Crippen LogP contribution in [0.3, 0.4) is 0 Å². The average Bonchev–Trinajstić information content (AvgIpc) is 2.90. The van der Waals surface area contributed by atoms with E-state index in [0.29, 0.717) is 23.9 Å². The number of aromatic nitrogens is 2. The third-order valence-corrected chi connectivity index (χ3v) is 4.32. The zero-order valence-corrected chi connectivity index (χ0v) is 12.6. The van der Waals surface area contributed by atoms with Crippen molar-refractivity contribution in [2.45, 2.75) is 18.0 Å². The van der Waals surface area contributed by atoms with E-state index >= 15 is 0 Å². The van der Waals surface area contributed by atoms with Crippen molar-refractivity contribution in [3.8, 4) is 5.88 Å². The monoisotopic (exact) mass is 317 g/mol. The van der Waals surface area contributed by atoms with Gasteiger partial charge >= 0.3 is 0 Å². The largest absolute Gasteiger partial charge is 0.493 e. The van der Waals surface area contributed by atoms with Crippen LogP contribution in [-0.2, 0) is 11.2 Å². The average molecular weight is 317 g/mol. The fraction of sp³-hybridized carbons (Fsp3) is 0.267. The molecule has 0 saturated heterocycles. The number of thioether (sulfide) groups is 1. The number of carbonyl (C=O) groups is 1. The van der Waals surface area contributed by atoms with Crippen molar-refractivity contribution in [1.82, 2.24) is 9.97 Å². The van der Waals surface area contributed by atoms with E-state index in [2.05, 4.69) is 9.97 Å². The minimum Gasteiger partial charge on any atom is -0.493 e. The Hall–Kier alpha value is -2.28. The van der Waals surface area contributed by atoms with Crippen LogP contribution in [0, 0.1) is 0 Å². The molecule has 1 aromatic carbocycles. The summed E-state index contributed by atoms with van der Waals surface area (Å²) in [6.45, 7) is 0.712. The number of nitrogens with one attached hydrogen (secondary N) is 1. The number of fused-ring (bicyclic) bond motifs is 1. The number of hydrogen-bond acceptors (Lipinski definition) is 5. The van der Waals surface area contributed by atoms with Crippen LogP contribution in [0.1, 0.15) is 12.0 Å². The molecule has 3 rings (SSSR count). The first-order chi connectivity index (χ1) is 10.6. The summed E-state index contributed by atoms with van der Waals surface area (Å²) in [5.74, 6) is 0.232. The van der Waals surface area contributed by atoms with Gasteiger partial charge < -0.3 is 15.0 Å². The molecule has 2 heterocycles. The molecule has 0 aliphatic carbocycles. The van der Waals surface area contributed by atoms with Crippen LogP contribution in [0.2, 0.25) is 0 Å². The summed E-state index contributed by atoms with van der Waals surface area (Å²) in [4.78, 5) is 31.6. The Labute approximate surface area is 131 Å². The van der Waals surface area contributed by atoms with Gasteiger partial charge in [-0.15, -0.1) is 0 Å². The minimum absolute atomic E-state index is 0.0555. The van der Waals surface area contributed by atoms with Crippen molar-refractivity contribution in [2.75, 3.05) is 17.2 Å². The summed E-state index contributed by atoms with van der Waals surface area (Å²) in [5.41, 5.74) is 1.78. The molecule has 2 N–H and O–H groups in total. The van der Waals surface area contributed by atoms with E-state index in [9.17, 15) is 14.7 Å².